The zero-order chi connectivity index (χ0) is 15.7. The third-order valence-electron chi connectivity index (χ3n) is 2.83. The molecule has 0 unspecified atom stereocenters. The minimum absolute atomic E-state index is 0.163. The zero-order valence-corrected chi connectivity index (χ0v) is 13.8. The average molecular weight is 359 g/mol. The Balaban J connectivity index is 2.73. The fourth-order valence-corrected chi connectivity index (χ4v) is 2.12. The number of carbonyl (C=O) groups excluding carboxylic acids is 2. The molecule has 1 heterocycles. The number of hydrogen-bond acceptors (Lipinski definition) is 5. The molecule has 0 aliphatic rings. The van der Waals surface area contributed by atoms with Gasteiger partial charge in [-0.15, -0.1) is 0 Å². The Morgan fingerprint density at radius 3 is 2.67 bits per heavy atom. The standard InChI is InChI=1S/C14H19BrN2O4/c1-20-7-3-5-17(6-4-13(18)21-2)14(19)11-8-12(15)10-16-9-11/h8-10H,3-7H2,1-2H3. The van der Waals surface area contributed by atoms with Crippen LogP contribution in [-0.2, 0) is 14.3 Å². The molecule has 0 N–H and O–H groups in total. The average Bonchev–Trinajstić information content (AvgIpc) is 2.49. The van der Waals surface area contributed by atoms with E-state index in [0.29, 0.717) is 31.7 Å². The van der Waals surface area contributed by atoms with Gasteiger partial charge in [-0.25, -0.2) is 0 Å². The van der Waals surface area contributed by atoms with Gasteiger partial charge in [0.05, 0.1) is 19.1 Å². The van der Waals surface area contributed by atoms with E-state index in [9.17, 15) is 9.59 Å². The second-order valence-corrected chi connectivity index (χ2v) is 5.27. The lowest BCUT2D eigenvalue weighted by atomic mass is 10.2. The Morgan fingerprint density at radius 1 is 1.29 bits per heavy atom. The summed E-state index contributed by atoms with van der Waals surface area (Å²) in [6.07, 6.45) is 3.98. The first-order chi connectivity index (χ1) is 10.1. The summed E-state index contributed by atoms with van der Waals surface area (Å²) < 4.78 is 10.3. The van der Waals surface area contributed by atoms with Gasteiger partial charge >= 0.3 is 5.97 Å². The smallest absolute Gasteiger partial charge is 0.307 e. The first-order valence-corrected chi connectivity index (χ1v) is 7.33. The highest BCUT2D eigenvalue weighted by molar-refractivity contribution is 9.10. The van der Waals surface area contributed by atoms with Crippen LogP contribution in [0.3, 0.4) is 0 Å². The number of aromatic nitrogens is 1. The highest BCUT2D eigenvalue weighted by atomic mass is 79.9. The van der Waals surface area contributed by atoms with Crippen LogP contribution in [0, 0.1) is 0 Å². The Bertz CT molecular complexity index is 482. The summed E-state index contributed by atoms with van der Waals surface area (Å²) in [5, 5.41) is 0. The van der Waals surface area contributed by atoms with Crippen molar-refractivity contribution < 1.29 is 19.1 Å². The number of hydrogen-bond donors (Lipinski definition) is 0. The molecule has 0 spiro atoms. The zero-order valence-electron chi connectivity index (χ0n) is 12.2. The number of rotatable bonds is 8. The molecule has 0 saturated heterocycles. The molecule has 0 aliphatic heterocycles. The van der Waals surface area contributed by atoms with E-state index >= 15 is 0 Å². The fourth-order valence-electron chi connectivity index (χ4n) is 1.75. The van der Waals surface area contributed by atoms with Gasteiger partial charge in [0, 0.05) is 43.7 Å². The van der Waals surface area contributed by atoms with Crippen molar-refractivity contribution in [2.45, 2.75) is 12.8 Å². The third kappa shape index (κ3) is 6.22. The molecule has 1 aromatic rings. The lowest BCUT2D eigenvalue weighted by Gasteiger charge is -2.22. The van der Waals surface area contributed by atoms with Crippen molar-refractivity contribution in [1.29, 1.82) is 0 Å². The van der Waals surface area contributed by atoms with Crippen LogP contribution in [-0.4, -0.2) is 55.7 Å². The number of carbonyl (C=O) groups is 2. The molecule has 21 heavy (non-hydrogen) atoms. The minimum Gasteiger partial charge on any atom is -0.469 e. The number of pyridine rings is 1. The normalized spacial score (nSPS) is 10.2. The monoisotopic (exact) mass is 358 g/mol. The number of methoxy groups -OCH3 is 2. The van der Waals surface area contributed by atoms with Crippen molar-refractivity contribution in [2.24, 2.45) is 0 Å². The maximum atomic E-state index is 12.5. The van der Waals surface area contributed by atoms with E-state index < -0.39 is 0 Å². The van der Waals surface area contributed by atoms with Crippen molar-refractivity contribution in [3.05, 3.63) is 28.5 Å². The highest BCUT2D eigenvalue weighted by Gasteiger charge is 2.17. The molecule has 0 aliphatic carbocycles. The quantitative estimate of drug-likeness (QED) is 0.524. The van der Waals surface area contributed by atoms with Crippen molar-refractivity contribution >= 4 is 27.8 Å². The van der Waals surface area contributed by atoms with E-state index in [1.807, 2.05) is 0 Å². The van der Waals surface area contributed by atoms with Crippen LogP contribution >= 0.6 is 15.9 Å². The molecule has 0 bridgehead atoms. The van der Waals surface area contributed by atoms with Gasteiger partial charge in [-0.1, -0.05) is 0 Å². The molecule has 0 radical (unpaired) electrons. The van der Waals surface area contributed by atoms with Crippen LogP contribution in [0.15, 0.2) is 22.9 Å². The SMILES string of the molecule is COCCCN(CCC(=O)OC)C(=O)c1cncc(Br)c1. The molecule has 0 atom stereocenters. The molecule has 116 valence electrons. The molecular formula is C14H19BrN2O4. The second-order valence-electron chi connectivity index (χ2n) is 4.36. The highest BCUT2D eigenvalue weighted by Crippen LogP contribution is 2.12. The Kier molecular flexibility index (Phi) is 7.92. The summed E-state index contributed by atoms with van der Waals surface area (Å²) in [5.74, 6) is -0.504. The topological polar surface area (TPSA) is 68.7 Å². The van der Waals surface area contributed by atoms with Crippen LogP contribution in [0.1, 0.15) is 23.2 Å². The first kappa shape index (κ1) is 17.6. The van der Waals surface area contributed by atoms with Gasteiger partial charge < -0.3 is 14.4 Å². The van der Waals surface area contributed by atoms with E-state index in [-0.39, 0.29) is 18.3 Å². The van der Waals surface area contributed by atoms with Gasteiger partial charge in [-0.05, 0) is 28.4 Å². The summed E-state index contributed by atoms with van der Waals surface area (Å²) in [5.41, 5.74) is 0.478. The summed E-state index contributed by atoms with van der Waals surface area (Å²) in [6, 6.07) is 1.71. The summed E-state index contributed by atoms with van der Waals surface area (Å²) >= 11 is 3.29. The number of nitrogens with zero attached hydrogens (tertiary/aromatic N) is 2. The first-order valence-electron chi connectivity index (χ1n) is 6.54. The molecule has 1 aromatic heterocycles. The minimum atomic E-state index is -0.341. The van der Waals surface area contributed by atoms with Crippen LogP contribution in [0.5, 0.6) is 0 Å². The van der Waals surface area contributed by atoms with Crippen molar-refractivity contribution in [3.63, 3.8) is 0 Å². The second kappa shape index (κ2) is 9.46. The van der Waals surface area contributed by atoms with E-state index in [1.54, 1.807) is 24.3 Å². The van der Waals surface area contributed by atoms with Gasteiger partial charge in [0.25, 0.3) is 5.91 Å². The summed E-state index contributed by atoms with van der Waals surface area (Å²) in [7, 11) is 2.94. The van der Waals surface area contributed by atoms with Gasteiger partial charge in [0.1, 0.15) is 0 Å². The fraction of sp³-hybridized carbons (Fsp3) is 0.500. The van der Waals surface area contributed by atoms with Gasteiger partial charge in [-0.3, -0.25) is 14.6 Å². The summed E-state index contributed by atoms with van der Waals surface area (Å²) in [6.45, 7) is 1.37. The van der Waals surface area contributed by atoms with Crippen LogP contribution in [0.25, 0.3) is 0 Å². The predicted octanol–water partition coefficient (Wildman–Crippen LogP) is 1.89. The van der Waals surface area contributed by atoms with Gasteiger partial charge in [0.15, 0.2) is 0 Å². The van der Waals surface area contributed by atoms with E-state index in [2.05, 4.69) is 25.7 Å². The van der Waals surface area contributed by atoms with Gasteiger partial charge in [0.2, 0.25) is 0 Å². The lowest BCUT2D eigenvalue weighted by molar-refractivity contribution is -0.140. The molecular weight excluding hydrogens is 340 g/mol. The molecule has 1 rings (SSSR count). The third-order valence-corrected chi connectivity index (χ3v) is 3.26. The Labute approximate surface area is 132 Å². The van der Waals surface area contributed by atoms with Crippen molar-refractivity contribution in [1.82, 2.24) is 9.88 Å². The van der Waals surface area contributed by atoms with E-state index in [0.717, 1.165) is 4.47 Å². The van der Waals surface area contributed by atoms with E-state index in [1.165, 1.54) is 13.3 Å². The van der Waals surface area contributed by atoms with Crippen LogP contribution < -0.4 is 0 Å². The molecule has 7 heteroatoms. The maximum Gasteiger partial charge on any atom is 0.307 e. The molecule has 6 nitrogen and oxygen atoms in total. The van der Waals surface area contributed by atoms with E-state index in [4.69, 9.17) is 4.74 Å². The molecule has 1 amide bonds. The van der Waals surface area contributed by atoms with Crippen LogP contribution in [0.4, 0.5) is 0 Å². The number of amides is 1. The summed E-state index contributed by atoms with van der Waals surface area (Å²) in [4.78, 5) is 29.3. The van der Waals surface area contributed by atoms with Crippen LogP contribution in [0.2, 0.25) is 0 Å². The van der Waals surface area contributed by atoms with Gasteiger partial charge in [-0.2, -0.15) is 0 Å². The molecule has 0 saturated carbocycles. The maximum absolute atomic E-state index is 12.5. The number of esters is 1. The lowest BCUT2D eigenvalue weighted by Crippen LogP contribution is -2.34. The molecule has 0 aromatic carbocycles. The molecule has 0 fully saturated rings. The van der Waals surface area contributed by atoms with Crippen molar-refractivity contribution in [2.75, 3.05) is 33.9 Å². The number of halogens is 1. The van der Waals surface area contributed by atoms with Crippen molar-refractivity contribution in [3.8, 4) is 0 Å². The largest absolute Gasteiger partial charge is 0.469 e. The number of ether oxygens (including phenoxy) is 2. The Morgan fingerprint density at radius 2 is 2.05 bits per heavy atom. The Hall–Kier alpha value is -1.47. The predicted molar refractivity (Wildman–Crippen MR) is 81.0 cm³/mol.